The van der Waals surface area contributed by atoms with Crippen molar-refractivity contribution in [3.63, 3.8) is 0 Å². The summed E-state index contributed by atoms with van der Waals surface area (Å²) in [4.78, 5) is 12.4. The number of carbonyl (C=O) groups is 1. The molecule has 0 radical (unpaired) electrons. The molecule has 6 nitrogen and oxygen atoms in total. The van der Waals surface area contributed by atoms with E-state index in [1.54, 1.807) is 30.5 Å². The number of rotatable bonds is 6. The zero-order valence-electron chi connectivity index (χ0n) is 14.2. The van der Waals surface area contributed by atoms with Gasteiger partial charge in [0.25, 0.3) is 5.91 Å². The molecule has 25 heavy (non-hydrogen) atoms. The lowest BCUT2D eigenvalue weighted by Crippen LogP contribution is -2.28. The summed E-state index contributed by atoms with van der Waals surface area (Å²) < 4.78 is 5.58. The summed E-state index contributed by atoms with van der Waals surface area (Å²) in [6.07, 6.45) is 0.972. The van der Waals surface area contributed by atoms with E-state index >= 15 is 0 Å². The number of hydrogen-bond donors (Lipinski definition) is 3. The highest BCUT2D eigenvalue weighted by atomic mass is 16.5. The predicted molar refractivity (Wildman–Crippen MR) is 95.6 cm³/mol. The summed E-state index contributed by atoms with van der Waals surface area (Å²) in [7, 11) is 0. The van der Waals surface area contributed by atoms with E-state index in [0.29, 0.717) is 11.1 Å². The number of benzene rings is 2. The van der Waals surface area contributed by atoms with Crippen molar-refractivity contribution in [1.29, 1.82) is 0 Å². The number of fused-ring (bicyclic) bond motifs is 1. The van der Waals surface area contributed by atoms with Crippen LogP contribution < -0.4 is 10.1 Å². The van der Waals surface area contributed by atoms with Crippen LogP contribution in [0.25, 0.3) is 10.9 Å². The van der Waals surface area contributed by atoms with Crippen LogP contribution in [-0.2, 0) is 0 Å². The van der Waals surface area contributed by atoms with Crippen molar-refractivity contribution < 1.29 is 14.6 Å². The van der Waals surface area contributed by atoms with E-state index in [1.807, 2.05) is 32.0 Å². The molecular weight excluding hydrogens is 318 g/mol. The van der Waals surface area contributed by atoms with Crippen molar-refractivity contribution in [2.75, 3.05) is 6.54 Å². The van der Waals surface area contributed by atoms with Crippen molar-refractivity contribution in [2.45, 2.75) is 26.1 Å². The molecule has 1 aromatic heterocycles. The number of amides is 1. The van der Waals surface area contributed by atoms with Gasteiger partial charge in [0.1, 0.15) is 5.75 Å². The highest BCUT2D eigenvalue weighted by molar-refractivity contribution is 6.05. The molecule has 0 saturated carbocycles. The van der Waals surface area contributed by atoms with Crippen molar-refractivity contribution in [3.8, 4) is 5.75 Å². The number of aromatic nitrogens is 2. The molecule has 3 N–H and O–H groups in total. The second-order valence-electron chi connectivity index (χ2n) is 6.10. The molecule has 6 heteroatoms. The maximum atomic E-state index is 12.4. The molecule has 3 rings (SSSR count). The van der Waals surface area contributed by atoms with Crippen LogP contribution in [0.2, 0.25) is 0 Å². The van der Waals surface area contributed by atoms with E-state index in [-0.39, 0.29) is 18.6 Å². The van der Waals surface area contributed by atoms with Gasteiger partial charge in [-0.05, 0) is 37.6 Å². The van der Waals surface area contributed by atoms with Crippen LogP contribution in [0.5, 0.6) is 5.75 Å². The highest BCUT2D eigenvalue weighted by Gasteiger charge is 2.14. The Morgan fingerprint density at radius 1 is 1.24 bits per heavy atom. The highest BCUT2D eigenvalue weighted by Crippen LogP contribution is 2.19. The Bertz CT molecular complexity index is 856. The summed E-state index contributed by atoms with van der Waals surface area (Å²) in [5, 5.41) is 20.7. The zero-order chi connectivity index (χ0) is 17.8. The second-order valence-corrected chi connectivity index (χ2v) is 6.10. The number of hydrogen-bond acceptors (Lipinski definition) is 4. The molecular formula is C19H21N3O3. The molecule has 2 aromatic carbocycles. The number of ether oxygens (including phenoxy) is 1. The number of aliphatic hydroxyl groups is 1. The third kappa shape index (κ3) is 3.97. The SMILES string of the molecule is CC(C)Oc1ccc([C@H](O)CNC(=O)c2cccc3cn[nH]c23)cc1. The largest absolute Gasteiger partial charge is 0.491 e. The third-order valence-corrected chi connectivity index (χ3v) is 3.81. The van der Waals surface area contributed by atoms with Gasteiger partial charge in [0.15, 0.2) is 0 Å². The van der Waals surface area contributed by atoms with Crippen molar-refractivity contribution in [2.24, 2.45) is 0 Å². The fourth-order valence-corrected chi connectivity index (χ4v) is 2.60. The first kappa shape index (κ1) is 17.0. The van der Waals surface area contributed by atoms with Crippen molar-refractivity contribution >= 4 is 16.8 Å². The molecule has 0 fully saturated rings. The minimum atomic E-state index is -0.794. The lowest BCUT2D eigenvalue weighted by molar-refractivity contribution is 0.0917. The lowest BCUT2D eigenvalue weighted by Gasteiger charge is -2.14. The van der Waals surface area contributed by atoms with Crippen LogP contribution in [-0.4, -0.2) is 33.9 Å². The Balaban J connectivity index is 1.62. The molecule has 0 aliphatic heterocycles. The Labute approximate surface area is 145 Å². The Morgan fingerprint density at radius 3 is 2.72 bits per heavy atom. The minimum Gasteiger partial charge on any atom is -0.491 e. The topological polar surface area (TPSA) is 87.2 Å². The van der Waals surface area contributed by atoms with Crippen molar-refractivity contribution in [3.05, 3.63) is 59.8 Å². The molecule has 1 heterocycles. The minimum absolute atomic E-state index is 0.0975. The smallest absolute Gasteiger partial charge is 0.253 e. The van der Waals surface area contributed by atoms with E-state index in [1.165, 1.54) is 0 Å². The van der Waals surface area contributed by atoms with Crippen LogP contribution >= 0.6 is 0 Å². The first-order valence-corrected chi connectivity index (χ1v) is 8.19. The normalized spacial score (nSPS) is 12.3. The van der Waals surface area contributed by atoms with Crippen LogP contribution in [0, 0.1) is 0 Å². The quantitative estimate of drug-likeness (QED) is 0.644. The van der Waals surface area contributed by atoms with E-state index in [0.717, 1.165) is 16.7 Å². The van der Waals surface area contributed by atoms with E-state index < -0.39 is 6.10 Å². The third-order valence-electron chi connectivity index (χ3n) is 3.81. The maximum Gasteiger partial charge on any atom is 0.253 e. The van der Waals surface area contributed by atoms with Gasteiger partial charge in [-0.2, -0.15) is 5.10 Å². The Morgan fingerprint density at radius 2 is 2.00 bits per heavy atom. The number of nitrogens with one attached hydrogen (secondary N) is 2. The molecule has 0 saturated heterocycles. The van der Waals surface area contributed by atoms with E-state index in [2.05, 4.69) is 15.5 Å². The van der Waals surface area contributed by atoms with Crippen LogP contribution in [0.3, 0.4) is 0 Å². The zero-order valence-corrected chi connectivity index (χ0v) is 14.2. The molecule has 0 spiro atoms. The summed E-state index contributed by atoms with van der Waals surface area (Å²) in [6.45, 7) is 4.03. The van der Waals surface area contributed by atoms with Crippen LogP contribution in [0.1, 0.15) is 35.9 Å². The molecule has 1 atom stereocenters. The number of nitrogens with zero attached hydrogens (tertiary/aromatic N) is 1. The summed E-state index contributed by atoms with van der Waals surface area (Å²) in [6, 6.07) is 12.6. The molecule has 130 valence electrons. The summed E-state index contributed by atoms with van der Waals surface area (Å²) >= 11 is 0. The first-order valence-electron chi connectivity index (χ1n) is 8.19. The molecule has 0 aliphatic rings. The van der Waals surface area contributed by atoms with Gasteiger partial charge in [0.2, 0.25) is 0 Å². The van der Waals surface area contributed by atoms with Gasteiger partial charge in [-0.15, -0.1) is 0 Å². The number of aliphatic hydroxyl groups excluding tert-OH is 1. The van der Waals surface area contributed by atoms with Gasteiger partial charge in [0.05, 0.1) is 29.5 Å². The standard InChI is InChI=1S/C19H21N3O3/c1-12(2)25-15-8-6-13(7-9-15)17(23)11-20-19(24)16-5-3-4-14-10-21-22-18(14)16/h3-10,12,17,23H,11H2,1-2H3,(H,20,24)(H,21,22)/t17-/m1/s1. The van der Waals surface area contributed by atoms with Crippen LogP contribution in [0.15, 0.2) is 48.7 Å². The average Bonchev–Trinajstić information content (AvgIpc) is 3.08. The maximum absolute atomic E-state index is 12.4. The van der Waals surface area contributed by atoms with Gasteiger partial charge in [-0.3, -0.25) is 9.89 Å². The van der Waals surface area contributed by atoms with Gasteiger partial charge in [0, 0.05) is 11.9 Å². The monoisotopic (exact) mass is 339 g/mol. The second kappa shape index (κ2) is 7.36. The molecule has 0 aliphatic carbocycles. The summed E-state index contributed by atoms with van der Waals surface area (Å²) in [5.41, 5.74) is 1.91. The van der Waals surface area contributed by atoms with Gasteiger partial charge >= 0.3 is 0 Å². The number of H-pyrrole nitrogens is 1. The van der Waals surface area contributed by atoms with E-state index in [9.17, 15) is 9.90 Å². The number of para-hydroxylation sites is 1. The molecule has 0 unspecified atom stereocenters. The molecule has 3 aromatic rings. The van der Waals surface area contributed by atoms with Crippen LogP contribution in [0.4, 0.5) is 0 Å². The summed E-state index contributed by atoms with van der Waals surface area (Å²) in [5.74, 6) is 0.495. The number of carbonyl (C=O) groups excluding carboxylic acids is 1. The fourth-order valence-electron chi connectivity index (χ4n) is 2.60. The Kier molecular flexibility index (Phi) is 5.00. The Hall–Kier alpha value is -2.86. The first-order chi connectivity index (χ1) is 12.0. The fraction of sp³-hybridized carbons (Fsp3) is 0.263. The molecule has 1 amide bonds. The van der Waals surface area contributed by atoms with Gasteiger partial charge in [-0.25, -0.2) is 0 Å². The van der Waals surface area contributed by atoms with Gasteiger partial charge in [-0.1, -0.05) is 24.3 Å². The van der Waals surface area contributed by atoms with Crippen molar-refractivity contribution in [1.82, 2.24) is 15.5 Å². The van der Waals surface area contributed by atoms with E-state index in [4.69, 9.17) is 4.74 Å². The lowest BCUT2D eigenvalue weighted by atomic mass is 10.1. The predicted octanol–water partition coefficient (Wildman–Crippen LogP) is 2.81. The van der Waals surface area contributed by atoms with Gasteiger partial charge < -0.3 is 15.2 Å². The average molecular weight is 339 g/mol. The molecule has 0 bridgehead atoms. The number of aromatic amines is 1.